The summed E-state index contributed by atoms with van der Waals surface area (Å²) in [6, 6.07) is 12.2. The highest BCUT2D eigenvalue weighted by atomic mass is 32.2. The summed E-state index contributed by atoms with van der Waals surface area (Å²) >= 11 is 0. The van der Waals surface area contributed by atoms with E-state index >= 15 is 0 Å². The molecular formula is C15H14N2O3S. The van der Waals surface area contributed by atoms with Gasteiger partial charge in [-0.25, -0.2) is 18.1 Å². The maximum atomic E-state index is 12.2. The second-order valence-electron chi connectivity index (χ2n) is 4.80. The molecule has 3 rings (SSSR count). The topological polar surface area (TPSA) is 72.2 Å². The van der Waals surface area contributed by atoms with Crippen LogP contribution in [0.25, 0.3) is 11.1 Å². The molecule has 1 aromatic heterocycles. The predicted molar refractivity (Wildman–Crippen MR) is 79.2 cm³/mol. The first-order chi connectivity index (χ1) is 10.0. The van der Waals surface area contributed by atoms with E-state index in [9.17, 15) is 8.42 Å². The van der Waals surface area contributed by atoms with Crippen molar-refractivity contribution in [2.45, 2.75) is 18.4 Å². The average Bonchev–Trinajstić information content (AvgIpc) is 2.93. The van der Waals surface area contributed by atoms with Crippen molar-refractivity contribution >= 4 is 21.1 Å². The van der Waals surface area contributed by atoms with Gasteiger partial charge in [0.15, 0.2) is 12.0 Å². The summed E-state index contributed by atoms with van der Waals surface area (Å²) in [5.41, 5.74) is 3.11. The van der Waals surface area contributed by atoms with Gasteiger partial charge in [-0.05, 0) is 42.3 Å². The third-order valence-corrected chi connectivity index (χ3v) is 4.56. The number of rotatable bonds is 4. The summed E-state index contributed by atoms with van der Waals surface area (Å²) in [5, 5.41) is 0. The molecule has 6 heteroatoms. The molecule has 2 aromatic carbocycles. The van der Waals surface area contributed by atoms with Crippen LogP contribution >= 0.6 is 0 Å². The normalized spacial score (nSPS) is 11.9. The quantitative estimate of drug-likeness (QED) is 0.804. The van der Waals surface area contributed by atoms with E-state index in [-0.39, 0.29) is 11.4 Å². The Morgan fingerprint density at radius 1 is 1.19 bits per heavy atom. The number of aromatic nitrogens is 1. The molecule has 0 aliphatic carbocycles. The second-order valence-corrected chi connectivity index (χ2v) is 6.56. The molecule has 0 saturated carbocycles. The molecule has 0 atom stereocenters. The Bertz CT molecular complexity index is 885. The zero-order valence-electron chi connectivity index (χ0n) is 11.4. The van der Waals surface area contributed by atoms with E-state index < -0.39 is 10.0 Å². The van der Waals surface area contributed by atoms with Gasteiger partial charge in [-0.15, -0.1) is 0 Å². The van der Waals surface area contributed by atoms with Crippen molar-refractivity contribution in [2.24, 2.45) is 0 Å². The van der Waals surface area contributed by atoms with Crippen molar-refractivity contribution in [3.63, 3.8) is 0 Å². The lowest BCUT2D eigenvalue weighted by Crippen LogP contribution is -2.23. The molecule has 0 bridgehead atoms. The minimum atomic E-state index is -3.52. The Balaban J connectivity index is 1.79. The highest BCUT2D eigenvalue weighted by molar-refractivity contribution is 7.89. The smallest absolute Gasteiger partial charge is 0.240 e. The SMILES string of the molecule is Cc1cccc(S(=O)(=O)NCc2ccc3ncoc3c2)c1. The van der Waals surface area contributed by atoms with Crippen molar-refractivity contribution in [3.05, 3.63) is 60.0 Å². The van der Waals surface area contributed by atoms with Gasteiger partial charge in [-0.2, -0.15) is 0 Å². The average molecular weight is 302 g/mol. The molecule has 0 amide bonds. The van der Waals surface area contributed by atoms with Crippen LogP contribution in [0.2, 0.25) is 0 Å². The van der Waals surface area contributed by atoms with Gasteiger partial charge < -0.3 is 4.42 Å². The largest absolute Gasteiger partial charge is 0.443 e. The van der Waals surface area contributed by atoms with Gasteiger partial charge in [0, 0.05) is 6.54 Å². The molecule has 0 aliphatic heterocycles. The molecule has 0 aliphatic rings. The Morgan fingerprint density at radius 3 is 2.86 bits per heavy atom. The van der Waals surface area contributed by atoms with Gasteiger partial charge in [-0.3, -0.25) is 0 Å². The van der Waals surface area contributed by atoms with E-state index in [4.69, 9.17) is 4.42 Å². The molecule has 21 heavy (non-hydrogen) atoms. The van der Waals surface area contributed by atoms with Crippen LogP contribution in [0.1, 0.15) is 11.1 Å². The maximum absolute atomic E-state index is 12.2. The van der Waals surface area contributed by atoms with E-state index in [0.29, 0.717) is 5.58 Å². The van der Waals surface area contributed by atoms with E-state index in [0.717, 1.165) is 16.6 Å². The standard InChI is InChI=1S/C15H14N2O3S/c1-11-3-2-4-13(7-11)21(18,19)17-9-12-5-6-14-15(8-12)20-10-16-14/h2-8,10,17H,9H2,1H3. The first-order valence-corrected chi connectivity index (χ1v) is 7.91. The Labute approximate surface area is 122 Å². The molecule has 5 nitrogen and oxygen atoms in total. The molecule has 1 N–H and O–H groups in total. The third-order valence-electron chi connectivity index (χ3n) is 3.16. The van der Waals surface area contributed by atoms with Crippen LogP contribution in [0, 0.1) is 6.92 Å². The van der Waals surface area contributed by atoms with E-state index in [2.05, 4.69) is 9.71 Å². The van der Waals surface area contributed by atoms with Crippen molar-refractivity contribution in [3.8, 4) is 0 Å². The summed E-state index contributed by atoms with van der Waals surface area (Å²) in [7, 11) is -3.52. The van der Waals surface area contributed by atoms with Crippen molar-refractivity contribution in [2.75, 3.05) is 0 Å². The zero-order chi connectivity index (χ0) is 14.9. The Kier molecular flexibility index (Phi) is 3.48. The number of fused-ring (bicyclic) bond motifs is 1. The van der Waals surface area contributed by atoms with Gasteiger partial charge in [0.2, 0.25) is 10.0 Å². The molecule has 0 saturated heterocycles. The van der Waals surface area contributed by atoms with E-state index in [1.165, 1.54) is 6.39 Å². The summed E-state index contributed by atoms with van der Waals surface area (Å²) < 4.78 is 32.2. The molecule has 0 fully saturated rings. The molecule has 0 spiro atoms. The second kappa shape index (κ2) is 5.31. The lowest BCUT2D eigenvalue weighted by Gasteiger charge is -2.07. The van der Waals surface area contributed by atoms with Crippen LogP contribution in [0.5, 0.6) is 0 Å². The number of hydrogen-bond donors (Lipinski definition) is 1. The highest BCUT2D eigenvalue weighted by Crippen LogP contribution is 2.15. The van der Waals surface area contributed by atoms with Gasteiger partial charge >= 0.3 is 0 Å². The number of sulfonamides is 1. The van der Waals surface area contributed by atoms with Gasteiger partial charge in [0.25, 0.3) is 0 Å². The minimum Gasteiger partial charge on any atom is -0.443 e. The third kappa shape index (κ3) is 2.96. The van der Waals surface area contributed by atoms with Crippen LogP contribution in [0.4, 0.5) is 0 Å². The Hall–Kier alpha value is -2.18. The van der Waals surface area contributed by atoms with Crippen LogP contribution in [0.3, 0.4) is 0 Å². The van der Waals surface area contributed by atoms with Gasteiger partial charge in [-0.1, -0.05) is 18.2 Å². The first kappa shape index (κ1) is 13.8. The monoisotopic (exact) mass is 302 g/mol. The van der Waals surface area contributed by atoms with Crippen molar-refractivity contribution < 1.29 is 12.8 Å². The van der Waals surface area contributed by atoms with E-state index in [1.54, 1.807) is 30.3 Å². The van der Waals surface area contributed by atoms with Crippen LogP contribution in [-0.2, 0) is 16.6 Å². The lowest BCUT2D eigenvalue weighted by atomic mass is 10.2. The highest BCUT2D eigenvalue weighted by Gasteiger charge is 2.13. The van der Waals surface area contributed by atoms with Crippen molar-refractivity contribution in [1.82, 2.24) is 9.71 Å². The fraction of sp³-hybridized carbons (Fsp3) is 0.133. The maximum Gasteiger partial charge on any atom is 0.240 e. The number of nitrogens with one attached hydrogen (secondary N) is 1. The number of oxazole rings is 1. The fourth-order valence-electron chi connectivity index (χ4n) is 2.05. The van der Waals surface area contributed by atoms with Crippen LogP contribution < -0.4 is 4.72 Å². The molecule has 108 valence electrons. The molecule has 3 aromatic rings. The van der Waals surface area contributed by atoms with Crippen LogP contribution in [0.15, 0.2) is 58.2 Å². The molecule has 0 radical (unpaired) electrons. The van der Waals surface area contributed by atoms with Gasteiger partial charge in [0.1, 0.15) is 5.52 Å². The van der Waals surface area contributed by atoms with E-state index in [1.807, 2.05) is 19.1 Å². The first-order valence-electron chi connectivity index (χ1n) is 6.43. The zero-order valence-corrected chi connectivity index (χ0v) is 12.2. The molecule has 0 unspecified atom stereocenters. The summed E-state index contributed by atoms with van der Waals surface area (Å²) in [6.45, 7) is 2.06. The van der Waals surface area contributed by atoms with Crippen molar-refractivity contribution in [1.29, 1.82) is 0 Å². The Morgan fingerprint density at radius 2 is 2.05 bits per heavy atom. The number of nitrogens with zero attached hydrogens (tertiary/aromatic N) is 1. The summed E-state index contributed by atoms with van der Waals surface area (Å²) in [4.78, 5) is 4.29. The number of aryl methyl sites for hydroxylation is 1. The number of hydrogen-bond acceptors (Lipinski definition) is 4. The molecular weight excluding hydrogens is 288 g/mol. The van der Waals surface area contributed by atoms with Crippen LogP contribution in [-0.4, -0.2) is 13.4 Å². The number of benzene rings is 2. The summed E-state index contributed by atoms with van der Waals surface area (Å²) in [5.74, 6) is 0. The minimum absolute atomic E-state index is 0.201. The fourth-order valence-corrected chi connectivity index (χ4v) is 3.18. The predicted octanol–water partition coefficient (Wildman–Crippen LogP) is 2.61. The summed E-state index contributed by atoms with van der Waals surface area (Å²) in [6.07, 6.45) is 1.37. The molecule has 1 heterocycles. The van der Waals surface area contributed by atoms with Gasteiger partial charge in [0.05, 0.1) is 4.90 Å². The lowest BCUT2D eigenvalue weighted by molar-refractivity contribution is 0.580.